The number of nitro groups is 1. The van der Waals surface area contributed by atoms with Crippen molar-refractivity contribution < 1.29 is 22.9 Å². The van der Waals surface area contributed by atoms with E-state index in [9.17, 15) is 23.3 Å². The number of ether oxygens (including phenoxy) is 1. The summed E-state index contributed by atoms with van der Waals surface area (Å²) in [6, 6.07) is 12.5. The van der Waals surface area contributed by atoms with E-state index in [4.69, 9.17) is 4.74 Å². The van der Waals surface area contributed by atoms with Gasteiger partial charge >= 0.3 is 5.97 Å². The molecule has 2 atom stereocenters. The second kappa shape index (κ2) is 10.3. The Morgan fingerprint density at radius 2 is 1.70 bits per heavy atom. The molecule has 0 aliphatic rings. The van der Waals surface area contributed by atoms with Gasteiger partial charge in [-0.2, -0.15) is 4.31 Å². The van der Waals surface area contributed by atoms with Gasteiger partial charge in [0.15, 0.2) is 0 Å². The molecule has 30 heavy (non-hydrogen) atoms. The molecule has 8 nitrogen and oxygen atoms in total. The van der Waals surface area contributed by atoms with Crippen LogP contribution in [0.4, 0.5) is 5.69 Å². The molecule has 0 aliphatic carbocycles. The predicted molar refractivity (Wildman–Crippen MR) is 112 cm³/mol. The van der Waals surface area contributed by atoms with E-state index in [0.717, 1.165) is 16.4 Å². The SMILES string of the molecule is CCOC(=O)[C@@H]([C@H](C)CC)N(Cc1ccccc1)S(=O)(=O)c1ccc([N+](=O)[O-])cc1. The van der Waals surface area contributed by atoms with E-state index in [1.807, 2.05) is 13.0 Å². The zero-order valence-electron chi connectivity index (χ0n) is 17.2. The summed E-state index contributed by atoms with van der Waals surface area (Å²) in [6.07, 6.45) is 0.560. The first-order valence-corrected chi connectivity index (χ1v) is 11.1. The third-order valence-corrected chi connectivity index (χ3v) is 6.70. The van der Waals surface area contributed by atoms with Gasteiger partial charge in [0.05, 0.1) is 16.4 Å². The van der Waals surface area contributed by atoms with Crippen molar-refractivity contribution in [2.75, 3.05) is 6.61 Å². The average Bonchev–Trinajstić information content (AvgIpc) is 2.74. The van der Waals surface area contributed by atoms with Crippen LogP contribution >= 0.6 is 0 Å². The Bertz CT molecular complexity index is 961. The van der Waals surface area contributed by atoms with E-state index in [2.05, 4.69) is 0 Å². The van der Waals surface area contributed by atoms with Crippen molar-refractivity contribution in [3.05, 3.63) is 70.3 Å². The number of carbonyl (C=O) groups excluding carboxylic acids is 1. The highest BCUT2D eigenvalue weighted by atomic mass is 32.2. The minimum absolute atomic E-state index is 0.0337. The molecular formula is C21H26N2O6S. The van der Waals surface area contributed by atoms with Gasteiger partial charge in [0, 0.05) is 18.7 Å². The Morgan fingerprint density at radius 3 is 2.20 bits per heavy atom. The normalized spacial score (nSPS) is 13.6. The quantitative estimate of drug-likeness (QED) is 0.320. The van der Waals surface area contributed by atoms with Crippen LogP contribution in [0.3, 0.4) is 0 Å². The molecule has 0 unspecified atom stereocenters. The molecule has 0 aliphatic heterocycles. The Balaban J connectivity index is 2.57. The van der Waals surface area contributed by atoms with Crippen LogP contribution in [0.15, 0.2) is 59.5 Å². The average molecular weight is 435 g/mol. The first-order valence-electron chi connectivity index (χ1n) is 9.69. The van der Waals surface area contributed by atoms with Gasteiger partial charge in [0.1, 0.15) is 6.04 Å². The summed E-state index contributed by atoms with van der Waals surface area (Å²) in [4.78, 5) is 23.0. The highest BCUT2D eigenvalue weighted by Crippen LogP contribution is 2.28. The van der Waals surface area contributed by atoms with Gasteiger partial charge < -0.3 is 4.74 Å². The van der Waals surface area contributed by atoms with Crippen LogP contribution < -0.4 is 0 Å². The van der Waals surface area contributed by atoms with Crippen molar-refractivity contribution in [3.8, 4) is 0 Å². The second-order valence-electron chi connectivity index (χ2n) is 6.87. The standard InChI is InChI=1S/C21H26N2O6S/c1-4-16(3)20(21(24)29-5-2)22(15-17-9-7-6-8-10-17)30(27,28)19-13-11-18(12-14-19)23(25)26/h6-14,16,20H,4-5,15H2,1-3H3/t16-,20-/m1/s1. The molecule has 0 fully saturated rings. The molecule has 0 bridgehead atoms. The first-order chi connectivity index (χ1) is 14.2. The molecule has 162 valence electrons. The maximum absolute atomic E-state index is 13.5. The summed E-state index contributed by atoms with van der Waals surface area (Å²) in [5.74, 6) is -0.922. The van der Waals surface area contributed by atoms with Crippen LogP contribution in [-0.2, 0) is 26.1 Å². The molecule has 0 spiro atoms. The van der Waals surface area contributed by atoms with E-state index in [1.165, 1.54) is 12.1 Å². The Kier molecular flexibility index (Phi) is 8.08. The minimum atomic E-state index is -4.15. The number of hydrogen-bond donors (Lipinski definition) is 0. The molecular weight excluding hydrogens is 408 g/mol. The van der Waals surface area contributed by atoms with Gasteiger partial charge in [-0.1, -0.05) is 50.6 Å². The van der Waals surface area contributed by atoms with Gasteiger partial charge in [-0.15, -0.1) is 0 Å². The van der Waals surface area contributed by atoms with E-state index in [-0.39, 0.29) is 29.7 Å². The number of nitrogens with zero attached hydrogens (tertiary/aromatic N) is 2. The van der Waals surface area contributed by atoms with Gasteiger partial charge in [-0.25, -0.2) is 8.42 Å². The molecule has 0 aromatic heterocycles. The van der Waals surface area contributed by atoms with E-state index >= 15 is 0 Å². The van der Waals surface area contributed by atoms with Gasteiger partial charge in [0.25, 0.3) is 5.69 Å². The van der Waals surface area contributed by atoms with Crippen molar-refractivity contribution in [1.29, 1.82) is 0 Å². The highest BCUT2D eigenvalue weighted by Gasteiger charge is 2.39. The Hall–Kier alpha value is -2.78. The number of benzene rings is 2. The van der Waals surface area contributed by atoms with Crippen LogP contribution in [0.25, 0.3) is 0 Å². The van der Waals surface area contributed by atoms with Gasteiger partial charge in [-0.3, -0.25) is 14.9 Å². The fourth-order valence-corrected chi connectivity index (χ4v) is 4.72. The van der Waals surface area contributed by atoms with Crippen molar-refractivity contribution in [2.24, 2.45) is 5.92 Å². The number of carbonyl (C=O) groups is 1. The second-order valence-corrected chi connectivity index (χ2v) is 8.76. The molecule has 0 N–H and O–H groups in total. The van der Waals surface area contributed by atoms with E-state index in [1.54, 1.807) is 38.1 Å². The van der Waals surface area contributed by atoms with Crippen molar-refractivity contribution in [1.82, 2.24) is 4.31 Å². The zero-order valence-corrected chi connectivity index (χ0v) is 18.0. The third kappa shape index (κ3) is 5.43. The summed E-state index contributed by atoms with van der Waals surface area (Å²) in [7, 11) is -4.15. The lowest BCUT2D eigenvalue weighted by molar-refractivity contribution is -0.384. The number of rotatable bonds is 10. The lowest BCUT2D eigenvalue weighted by Gasteiger charge is -2.33. The fraction of sp³-hybridized carbons (Fsp3) is 0.381. The van der Waals surface area contributed by atoms with Crippen LogP contribution in [0, 0.1) is 16.0 Å². The molecule has 0 saturated carbocycles. The molecule has 9 heteroatoms. The molecule has 2 aromatic rings. The van der Waals surface area contributed by atoms with Gasteiger partial charge in [-0.05, 0) is 30.5 Å². The molecule has 0 amide bonds. The summed E-state index contributed by atoms with van der Waals surface area (Å²) in [5.41, 5.74) is 0.494. The monoisotopic (exact) mass is 434 g/mol. The number of hydrogen-bond acceptors (Lipinski definition) is 6. The predicted octanol–water partition coefficient (Wildman–Crippen LogP) is 3.76. The summed E-state index contributed by atoms with van der Waals surface area (Å²) in [5, 5.41) is 10.9. The van der Waals surface area contributed by atoms with Crippen LogP contribution in [-0.4, -0.2) is 36.3 Å². The van der Waals surface area contributed by atoms with Crippen molar-refractivity contribution in [3.63, 3.8) is 0 Å². The topological polar surface area (TPSA) is 107 Å². The van der Waals surface area contributed by atoms with Gasteiger partial charge in [0.2, 0.25) is 10.0 Å². The van der Waals surface area contributed by atoms with Crippen molar-refractivity contribution >= 4 is 21.7 Å². The Labute approximate surface area is 176 Å². The third-order valence-electron chi connectivity index (χ3n) is 4.86. The summed E-state index contributed by atoms with van der Waals surface area (Å²) >= 11 is 0. The van der Waals surface area contributed by atoms with E-state index in [0.29, 0.717) is 12.0 Å². The fourth-order valence-electron chi connectivity index (χ4n) is 3.06. The van der Waals surface area contributed by atoms with Crippen LogP contribution in [0.1, 0.15) is 32.8 Å². The summed E-state index contributed by atoms with van der Waals surface area (Å²) in [6.45, 7) is 5.43. The lowest BCUT2D eigenvalue weighted by atomic mass is 9.99. The van der Waals surface area contributed by atoms with Crippen LogP contribution in [0.2, 0.25) is 0 Å². The number of non-ortho nitro benzene ring substituents is 1. The minimum Gasteiger partial charge on any atom is -0.465 e. The van der Waals surface area contributed by atoms with E-state index < -0.39 is 27.0 Å². The smallest absolute Gasteiger partial charge is 0.324 e. The van der Waals surface area contributed by atoms with Crippen LogP contribution in [0.5, 0.6) is 0 Å². The number of esters is 1. The summed E-state index contributed by atoms with van der Waals surface area (Å²) < 4.78 is 33.4. The maximum Gasteiger partial charge on any atom is 0.324 e. The number of sulfonamides is 1. The molecule has 2 rings (SSSR count). The lowest BCUT2D eigenvalue weighted by Crippen LogP contribution is -2.48. The molecule has 0 heterocycles. The highest BCUT2D eigenvalue weighted by molar-refractivity contribution is 7.89. The maximum atomic E-state index is 13.5. The van der Waals surface area contributed by atoms with Crippen molar-refractivity contribution in [2.45, 2.75) is 44.7 Å². The number of nitro benzene ring substituents is 1. The Morgan fingerprint density at radius 1 is 1.10 bits per heavy atom. The zero-order chi connectivity index (χ0) is 22.3. The largest absolute Gasteiger partial charge is 0.465 e. The molecule has 2 aromatic carbocycles. The molecule has 0 saturated heterocycles. The molecule has 0 radical (unpaired) electrons. The first kappa shape index (κ1) is 23.5.